The van der Waals surface area contributed by atoms with Crippen molar-refractivity contribution < 1.29 is 26.9 Å². The van der Waals surface area contributed by atoms with Gasteiger partial charge in [0.15, 0.2) is 17.2 Å². The fourth-order valence-electron chi connectivity index (χ4n) is 3.53. The van der Waals surface area contributed by atoms with Crippen molar-refractivity contribution in [2.75, 3.05) is 6.61 Å². The number of benzene rings is 4. The van der Waals surface area contributed by atoms with Crippen molar-refractivity contribution in [2.45, 2.75) is 25.3 Å². The summed E-state index contributed by atoms with van der Waals surface area (Å²) >= 11 is 0. The minimum absolute atomic E-state index is 0.0365. The summed E-state index contributed by atoms with van der Waals surface area (Å²) in [6.07, 6.45) is 1.32. The average Bonchev–Trinajstić information content (AvgIpc) is 2.94. The number of hydrogen-bond donors (Lipinski definition) is 1. The third-order valence-electron chi connectivity index (χ3n) is 5.54. The Labute approximate surface area is 228 Å². The largest absolute Gasteiger partial charge is 0.490 e. The monoisotopic (exact) mass is 544 g/mol. The zero-order chi connectivity index (χ0) is 27.7. The van der Waals surface area contributed by atoms with Crippen molar-refractivity contribution in [2.24, 2.45) is 5.10 Å². The molecule has 0 atom stereocenters. The number of hydrogen-bond acceptors (Lipinski definition) is 7. The molecule has 0 saturated heterocycles. The summed E-state index contributed by atoms with van der Waals surface area (Å²) in [5.41, 5.74) is 5.07. The van der Waals surface area contributed by atoms with Crippen LogP contribution in [-0.2, 0) is 16.7 Å². The van der Waals surface area contributed by atoms with Crippen LogP contribution in [0.1, 0.15) is 34.0 Å². The second kappa shape index (κ2) is 12.7. The van der Waals surface area contributed by atoms with Crippen LogP contribution in [-0.4, -0.2) is 27.1 Å². The predicted molar refractivity (Wildman–Crippen MR) is 149 cm³/mol. The summed E-state index contributed by atoms with van der Waals surface area (Å²) in [7, 11) is -4.05. The van der Waals surface area contributed by atoms with E-state index in [-0.39, 0.29) is 10.6 Å². The molecular formula is C30H28N2O6S. The van der Waals surface area contributed by atoms with Crippen molar-refractivity contribution in [1.82, 2.24) is 5.43 Å². The molecule has 8 nitrogen and oxygen atoms in total. The third kappa shape index (κ3) is 7.45. The second-order valence-electron chi connectivity index (χ2n) is 8.46. The minimum Gasteiger partial charge on any atom is -0.490 e. The standard InChI is InChI=1S/C30H28N2O6S/c1-3-36-29-19-24(15-18-28(29)37-21-23-9-5-4-6-10-23)30(33)32-31-20-25-11-7-8-12-27(25)38-39(34,35)26-16-13-22(2)14-17-26/h4-20H,3,21H2,1-2H3,(H,32,33)/b31-20+. The highest BCUT2D eigenvalue weighted by molar-refractivity contribution is 7.87. The van der Waals surface area contributed by atoms with Gasteiger partial charge < -0.3 is 13.7 Å². The van der Waals surface area contributed by atoms with Gasteiger partial charge in [0, 0.05) is 11.1 Å². The number of hydrazone groups is 1. The summed E-state index contributed by atoms with van der Waals surface area (Å²) in [5, 5.41) is 4.00. The molecule has 0 unspecified atom stereocenters. The number of ether oxygens (including phenoxy) is 2. The van der Waals surface area contributed by atoms with Gasteiger partial charge in [-0.3, -0.25) is 4.79 Å². The van der Waals surface area contributed by atoms with Crippen molar-refractivity contribution in [1.29, 1.82) is 0 Å². The summed E-state index contributed by atoms with van der Waals surface area (Å²) in [5.74, 6) is 0.550. The highest BCUT2D eigenvalue weighted by Crippen LogP contribution is 2.29. The number of para-hydroxylation sites is 1. The summed E-state index contributed by atoms with van der Waals surface area (Å²) in [6, 6.07) is 27.4. The van der Waals surface area contributed by atoms with Crippen LogP contribution in [0.3, 0.4) is 0 Å². The Morgan fingerprint density at radius 3 is 2.31 bits per heavy atom. The van der Waals surface area contributed by atoms with Crippen LogP contribution in [0.2, 0.25) is 0 Å². The lowest BCUT2D eigenvalue weighted by Crippen LogP contribution is -2.18. The minimum atomic E-state index is -4.05. The Kier molecular flexibility index (Phi) is 8.96. The van der Waals surface area contributed by atoms with Crippen LogP contribution in [0.15, 0.2) is 107 Å². The van der Waals surface area contributed by atoms with Gasteiger partial charge in [0.2, 0.25) is 0 Å². The number of carbonyl (C=O) groups is 1. The van der Waals surface area contributed by atoms with Crippen LogP contribution in [0.25, 0.3) is 0 Å². The Morgan fingerprint density at radius 1 is 0.846 bits per heavy atom. The highest BCUT2D eigenvalue weighted by atomic mass is 32.2. The molecule has 0 aliphatic heterocycles. The van der Waals surface area contributed by atoms with Gasteiger partial charge in [-0.25, -0.2) is 5.43 Å². The van der Waals surface area contributed by atoms with Crippen LogP contribution in [0.5, 0.6) is 17.2 Å². The fraction of sp³-hybridized carbons (Fsp3) is 0.133. The highest BCUT2D eigenvalue weighted by Gasteiger charge is 2.18. The van der Waals surface area contributed by atoms with Crippen molar-refractivity contribution in [3.63, 3.8) is 0 Å². The maximum absolute atomic E-state index is 12.8. The molecule has 0 saturated carbocycles. The van der Waals surface area contributed by atoms with Gasteiger partial charge in [0.05, 0.1) is 12.8 Å². The molecule has 4 rings (SSSR count). The molecule has 4 aromatic carbocycles. The Bertz CT molecular complexity index is 1550. The molecule has 0 fully saturated rings. The van der Waals surface area contributed by atoms with E-state index in [1.54, 1.807) is 48.5 Å². The van der Waals surface area contributed by atoms with Crippen LogP contribution in [0.4, 0.5) is 0 Å². The van der Waals surface area contributed by atoms with Crippen LogP contribution < -0.4 is 19.1 Å². The van der Waals surface area contributed by atoms with Crippen molar-refractivity contribution in [3.05, 3.63) is 119 Å². The van der Waals surface area contributed by atoms with E-state index < -0.39 is 16.0 Å². The normalized spacial score (nSPS) is 11.2. The fourth-order valence-corrected chi connectivity index (χ4v) is 4.49. The average molecular weight is 545 g/mol. The molecule has 1 amide bonds. The molecule has 39 heavy (non-hydrogen) atoms. The zero-order valence-corrected chi connectivity index (χ0v) is 22.4. The van der Waals surface area contributed by atoms with E-state index in [0.717, 1.165) is 11.1 Å². The topological polar surface area (TPSA) is 103 Å². The number of amides is 1. The molecule has 0 radical (unpaired) electrons. The lowest BCUT2D eigenvalue weighted by molar-refractivity contribution is 0.0954. The van der Waals surface area contributed by atoms with Gasteiger partial charge in [-0.1, -0.05) is 60.2 Å². The number of rotatable bonds is 11. The van der Waals surface area contributed by atoms with Gasteiger partial charge in [0.1, 0.15) is 11.5 Å². The van der Waals surface area contributed by atoms with Gasteiger partial charge in [-0.15, -0.1) is 0 Å². The van der Waals surface area contributed by atoms with Crippen molar-refractivity contribution in [3.8, 4) is 17.2 Å². The Balaban J connectivity index is 1.44. The van der Waals surface area contributed by atoms with E-state index in [1.807, 2.05) is 44.2 Å². The van der Waals surface area contributed by atoms with E-state index in [9.17, 15) is 13.2 Å². The number of nitrogens with one attached hydrogen (secondary N) is 1. The van der Waals surface area contributed by atoms with E-state index in [4.69, 9.17) is 13.7 Å². The lowest BCUT2D eigenvalue weighted by Gasteiger charge is -2.13. The first-order valence-electron chi connectivity index (χ1n) is 12.2. The van der Waals surface area contributed by atoms with Crippen LogP contribution >= 0.6 is 0 Å². The number of carbonyl (C=O) groups excluding carboxylic acids is 1. The van der Waals surface area contributed by atoms with Gasteiger partial charge >= 0.3 is 10.1 Å². The smallest absolute Gasteiger partial charge is 0.339 e. The Hall–Kier alpha value is -4.63. The summed E-state index contributed by atoms with van der Waals surface area (Å²) < 4.78 is 42.3. The van der Waals surface area contributed by atoms with Gasteiger partial charge in [-0.05, 0) is 61.9 Å². The molecule has 0 spiro atoms. The molecule has 0 bridgehead atoms. The lowest BCUT2D eigenvalue weighted by atomic mass is 10.2. The van der Waals surface area contributed by atoms with Crippen LogP contribution in [0, 0.1) is 6.92 Å². The first-order valence-corrected chi connectivity index (χ1v) is 13.6. The van der Waals surface area contributed by atoms with E-state index in [1.165, 1.54) is 24.4 Å². The quantitative estimate of drug-likeness (QED) is 0.152. The van der Waals surface area contributed by atoms with E-state index in [2.05, 4.69) is 10.5 Å². The maximum Gasteiger partial charge on any atom is 0.339 e. The van der Waals surface area contributed by atoms with E-state index >= 15 is 0 Å². The molecule has 4 aromatic rings. The van der Waals surface area contributed by atoms with Crippen molar-refractivity contribution >= 4 is 22.2 Å². The summed E-state index contributed by atoms with van der Waals surface area (Å²) in [4.78, 5) is 12.8. The maximum atomic E-state index is 12.8. The van der Waals surface area contributed by atoms with Gasteiger partial charge in [-0.2, -0.15) is 13.5 Å². The molecule has 0 aromatic heterocycles. The first kappa shape index (κ1) is 27.4. The summed E-state index contributed by atoms with van der Waals surface area (Å²) in [6.45, 7) is 4.46. The SMILES string of the molecule is CCOc1cc(C(=O)N/N=C/c2ccccc2OS(=O)(=O)c2ccc(C)cc2)ccc1OCc1ccccc1. The van der Waals surface area contributed by atoms with Gasteiger partial charge in [0.25, 0.3) is 5.91 Å². The second-order valence-corrected chi connectivity index (χ2v) is 10.0. The molecule has 0 aliphatic rings. The number of nitrogens with zero attached hydrogens (tertiary/aromatic N) is 1. The zero-order valence-electron chi connectivity index (χ0n) is 21.5. The third-order valence-corrected chi connectivity index (χ3v) is 6.79. The van der Waals surface area contributed by atoms with E-state index in [0.29, 0.717) is 35.8 Å². The number of aryl methyl sites for hydroxylation is 1. The molecule has 0 aliphatic carbocycles. The molecule has 0 heterocycles. The molecule has 1 N–H and O–H groups in total. The first-order chi connectivity index (χ1) is 18.9. The molecular weight excluding hydrogens is 516 g/mol. The molecule has 200 valence electrons. The Morgan fingerprint density at radius 2 is 1.56 bits per heavy atom. The predicted octanol–water partition coefficient (Wildman–Crippen LogP) is 5.50. The molecule has 9 heteroatoms.